The third-order valence-corrected chi connectivity index (χ3v) is 5.23. The number of aliphatic carboxylic acids is 1. The Bertz CT molecular complexity index is 586. The number of Topliss-reactive ketones (excluding diaryl/α,β-unsaturated/α-hetero) is 1. The molecule has 0 aliphatic heterocycles. The van der Waals surface area contributed by atoms with Crippen LogP contribution >= 0.6 is 0 Å². The number of carboxylic acid groups (broad SMARTS) is 1. The van der Waals surface area contributed by atoms with Crippen molar-refractivity contribution in [1.82, 2.24) is 0 Å². The van der Waals surface area contributed by atoms with Crippen molar-refractivity contribution in [2.45, 2.75) is 64.7 Å². The van der Waals surface area contributed by atoms with Gasteiger partial charge in [-0.2, -0.15) is 0 Å². The van der Waals surface area contributed by atoms with E-state index in [0.717, 1.165) is 44.9 Å². The molecule has 0 spiro atoms. The fraction of sp³-hybridized carbons (Fsp3) is 0.545. The van der Waals surface area contributed by atoms with Gasteiger partial charge in [-0.25, -0.2) is 0 Å². The lowest BCUT2D eigenvalue weighted by Crippen LogP contribution is -2.13. The second kappa shape index (κ2) is 10.2. The van der Waals surface area contributed by atoms with Crippen LogP contribution in [0.4, 0.5) is 0 Å². The van der Waals surface area contributed by atoms with Crippen LogP contribution in [0.5, 0.6) is 0 Å². The molecule has 2 unspecified atom stereocenters. The van der Waals surface area contributed by atoms with Crippen molar-refractivity contribution in [2.75, 3.05) is 0 Å². The zero-order chi connectivity index (χ0) is 18.1. The van der Waals surface area contributed by atoms with E-state index >= 15 is 0 Å². The standard InChI is InChI=1S/C22H30O3/c1-2-17-9-11-18(12-10-17)13-14-19-15-16-21(23)20(19)7-5-3-4-6-8-22(24)25/h9-14,19-20H,2-8,15-16H2,1H3,(H,24,25)/b14-13+. The van der Waals surface area contributed by atoms with Crippen LogP contribution in [0, 0.1) is 11.8 Å². The number of allylic oxidation sites excluding steroid dienone is 1. The number of benzene rings is 1. The molecule has 0 amide bonds. The first-order valence-corrected chi connectivity index (χ1v) is 9.61. The fourth-order valence-electron chi connectivity index (χ4n) is 3.63. The molecule has 2 rings (SSSR count). The number of hydrogen-bond donors (Lipinski definition) is 1. The van der Waals surface area contributed by atoms with Gasteiger partial charge in [0.05, 0.1) is 0 Å². The van der Waals surface area contributed by atoms with Gasteiger partial charge in [-0.1, -0.05) is 62.6 Å². The van der Waals surface area contributed by atoms with Crippen molar-refractivity contribution in [2.24, 2.45) is 11.8 Å². The lowest BCUT2D eigenvalue weighted by Gasteiger charge is -2.14. The van der Waals surface area contributed by atoms with Gasteiger partial charge in [0, 0.05) is 18.8 Å². The number of ketones is 1. The highest BCUT2D eigenvalue weighted by Crippen LogP contribution is 2.34. The first-order valence-electron chi connectivity index (χ1n) is 9.61. The number of carboxylic acids is 1. The average Bonchev–Trinajstić information content (AvgIpc) is 2.96. The van der Waals surface area contributed by atoms with Gasteiger partial charge in [-0.3, -0.25) is 9.59 Å². The Kier molecular flexibility index (Phi) is 7.90. The molecule has 3 nitrogen and oxygen atoms in total. The van der Waals surface area contributed by atoms with Crippen LogP contribution in [0.3, 0.4) is 0 Å². The molecule has 0 heterocycles. The van der Waals surface area contributed by atoms with E-state index in [0.29, 0.717) is 18.1 Å². The average molecular weight is 342 g/mol. The second-order valence-corrected chi connectivity index (χ2v) is 7.08. The van der Waals surface area contributed by atoms with E-state index in [1.165, 1.54) is 11.1 Å². The summed E-state index contributed by atoms with van der Waals surface area (Å²) in [6.07, 6.45) is 12.0. The van der Waals surface area contributed by atoms with E-state index in [1.807, 2.05) is 0 Å². The summed E-state index contributed by atoms with van der Waals surface area (Å²) in [5.41, 5.74) is 2.54. The largest absolute Gasteiger partial charge is 0.481 e. The van der Waals surface area contributed by atoms with Crippen molar-refractivity contribution in [1.29, 1.82) is 0 Å². The molecule has 0 radical (unpaired) electrons. The van der Waals surface area contributed by atoms with Gasteiger partial charge in [0.25, 0.3) is 0 Å². The van der Waals surface area contributed by atoms with Crippen LogP contribution < -0.4 is 0 Å². The highest BCUT2D eigenvalue weighted by atomic mass is 16.4. The van der Waals surface area contributed by atoms with Gasteiger partial charge in [-0.15, -0.1) is 0 Å². The molecule has 1 fully saturated rings. The zero-order valence-electron chi connectivity index (χ0n) is 15.2. The summed E-state index contributed by atoms with van der Waals surface area (Å²) in [6.45, 7) is 2.15. The Morgan fingerprint density at radius 2 is 1.88 bits per heavy atom. The Hall–Kier alpha value is -1.90. The molecule has 1 aliphatic rings. The third-order valence-electron chi connectivity index (χ3n) is 5.23. The minimum atomic E-state index is -0.719. The highest BCUT2D eigenvalue weighted by Gasteiger charge is 2.32. The monoisotopic (exact) mass is 342 g/mol. The minimum absolute atomic E-state index is 0.158. The normalized spacial score (nSPS) is 20.4. The van der Waals surface area contributed by atoms with Crippen LogP contribution in [-0.4, -0.2) is 16.9 Å². The maximum absolute atomic E-state index is 12.2. The molecule has 0 saturated heterocycles. The molecular weight excluding hydrogens is 312 g/mol. The lowest BCUT2D eigenvalue weighted by molar-refractivity contribution is -0.137. The van der Waals surface area contributed by atoms with E-state index < -0.39 is 5.97 Å². The molecule has 0 aromatic heterocycles. The predicted molar refractivity (Wildman–Crippen MR) is 101 cm³/mol. The van der Waals surface area contributed by atoms with Crippen molar-refractivity contribution < 1.29 is 14.7 Å². The van der Waals surface area contributed by atoms with E-state index in [4.69, 9.17) is 5.11 Å². The smallest absolute Gasteiger partial charge is 0.303 e. The first kappa shape index (κ1) is 19.4. The number of hydrogen-bond acceptors (Lipinski definition) is 2. The third kappa shape index (κ3) is 6.49. The van der Waals surface area contributed by atoms with Crippen molar-refractivity contribution in [3.63, 3.8) is 0 Å². The van der Waals surface area contributed by atoms with E-state index in [9.17, 15) is 9.59 Å². The summed E-state index contributed by atoms with van der Waals surface area (Å²) in [4.78, 5) is 22.7. The highest BCUT2D eigenvalue weighted by molar-refractivity contribution is 5.84. The van der Waals surface area contributed by atoms with E-state index in [1.54, 1.807) is 0 Å². The summed E-state index contributed by atoms with van der Waals surface area (Å²) >= 11 is 0. The van der Waals surface area contributed by atoms with Crippen LogP contribution in [0.15, 0.2) is 30.3 Å². The Morgan fingerprint density at radius 1 is 1.16 bits per heavy atom. The van der Waals surface area contributed by atoms with Gasteiger partial charge < -0.3 is 5.11 Å². The summed E-state index contributed by atoms with van der Waals surface area (Å²) in [7, 11) is 0. The SMILES string of the molecule is CCc1ccc(/C=C/C2CCC(=O)C2CCCCCCC(=O)O)cc1. The molecule has 2 atom stereocenters. The van der Waals surface area contributed by atoms with Crippen molar-refractivity contribution >= 4 is 17.8 Å². The summed E-state index contributed by atoms with van der Waals surface area (Å²) in [5.74, 6) is 0.202. The van der Waals surface area contributed by atoms with Gasteiger partial charge in [0.15, 0.2) is 0 Å². The minimum Gasteiger partial charge on any atom is -0.481 e. The second-order valence-electron chi connectivity index (χ2n) is 7.08. The lowest BCUT2D eigenvalue weighted by atomic mass is 9.89. The molecule has 25 heavy (non-hydrogen) atoms. The number of carbonyl (C=O) groups excluding carboxylic acids is 1. The van der Waals surface area contributed by atoms with E-state index in [2.05, 4.69) is 43.3 Å². The number of aryl methyl sites for hydroxylation is 1. The maximum atomic E-state index is 12.2. The van der Waals surface area contributed by atoms with Gasteiger partial charge in [0.1, 0.15) is 5.78 Å². The molecule has 3 heteroatoms. The molecule has 136 valence electrons. The fourth-order valence-corrected chi connectivity index (χ4v) is 3.63. The molecule has 1 aliphatic carbocycles. The van der Waals surface area contributed by atoms with Crippen molar-refractivity contribution in [3.8, 4) is 0 Å². The van der Waals surface area contributed by atoms with Crippen LogP contribution in [0.2, 0.25) is 0 Å². The zero-order valence-corrected chi connectivity index (χ0v) is 15.2. The molecule has 1 aromatic rings. The maximum Gasteiger partial charge on any atom is 0.303 e. The molecule has 1 aromatic carbocycles. The number of rotatable bonds is 10. The Morgan fingerprint density at radius 3 is 2.56 bits per heavy atom. The first-order chi connectivity index (χ1) is 12.1. The summed E-state index contributed by atoms with van der Waals surface area (Å²) in [6, 6.07) is 8.61. The van der Waals surface area contributed by atoms with Crippen LogP contribution in [0.1, 0.15) is 69.4 Å². The van der Waals surface area contributed by atoms with Gasteiger partial charge in [0.2, 0.25) is 0 Å². The van der Waals surface area contributed by atoms with Gasteiger partial charge >= 0.3 is 5.97 Å². The van der Waals surface area contributed by atoms with Gasteiger partial charge in [-0.05, 0) is 42.7 Å². The summed E-state index contributed by atoms with van der Waals surface area (Å²) in [5, 5.41) is 8.64. The molecular formula is C22H30O3. The Labute approximate surface area is 151 Å². The van der Waals surface area contributed by atoms with Crippen LogP contribution in [-0.2, 0) is 16.0 Å². The predicted octanol–water partition coefficient (Wildman–Crippen LogP) is 5.28. The molecule has 0 bridgehead atoms. The molecule has 1 saturated carbocycles. The van der Waals surface area contributed by atoms with Crippen molar-refractivity contribution in [3.05, 3.63) is 41.5 Å². The quantitative estimate of drug-likeness (QED) is 0.588. The molecule has 1 N–H and O–H groups in total. The van der Waals surface area contributed by atoms with Crippen LogP contribution in [0.25, 0.3) is 6.08 Å². The summed E-state index contributed by atoms with van der Waals surface area (Å²) < 4.78 is 0. The van der Waals surface area contributed by atoms with E-state index in [-0.39, 0.29) is 12.3 Å². The number of carbonyl (C=O) groups is 2. The number of unbranched alkanes of at least 4 members (excludes halogenated alkanes) is 3. The Balaban J connectivity index is 1.79. The topological polar surface area (TPSA) is 54.4 Å².